The summed E-state index contributed by atoms with van der Waals surface area (Å²) < 4.78 is 0. The first-order chi connectivity index (χ1) is 21.0. The molecule has 0 saturated carbocycles. The fourth-order valence-corrected chi connectivity index (χ4v) is 5.33. The summed E-state index contributed by atoms with van der Waals surface area (Å²) in [6.45, 7) is 14.8. The number of hydrogen-bond donors (Lipinski definition) is 2. The molecular formula is C37H60N4O2. The first-order valence-electron chi connectivity index (χ1n) is 17.2. The number of nitrogens with zero attached hydrogens (tertiary/aromatic N) is 2. The molecule has 6 heteroatoms. The summed E-state index contributed by atoms with van der Waals surface area (Å²) in [4.78, 5) is 30.4. The molecule has 0 aliphatic carbocycles. The Morgan fingerprint density at radius 2 is 0.930 bits per heavy atom. The molecule has 2 aromatic rings. The molecular weight excluding hydrogens is 532 g/mol. The van der Waals surface area contributed by atoms with Gasteiger partial charge in [0.2, 0.25) is 11.8 Å². The van der Waals surface area contributed by atoms with Gasteiger partial charge in [-0.15, -0.1) is 0 Å². The minimum Gasteiger partial charge on any atom is -0.326 e. The van der Waals surface area contributed by atoms with E-state index in [-0.39, 0.29) is 11.8 Å². The number of nitrogens with one attached hydrogen (secondary N) is 2. The molecule has 0 aromatic heterocycles. The zero-order chi connectivity index (χ0) is 31.1. The van der Waals surface area contributed by atoms with Crippen molar-refractivity contribution in [2.24, 2.45) is 0 Å². The fraction of sp³-hybridized carbons (Fsp3) is 0.622. The summed E-state index contributed by atoms with van der Waals surface area (Å²) in [5, 5.41) is 6.22. The van der Waals surface area contributed by atoms with E-state index in [2.05, 4.69) is 72.4 Å². The second-order valence-corrected chi connectivity index (χ2v) is 12.0. The van der Waals surface area contributed by atoms with Crippen LogP contribution in [0, 0.1) is 0 Å². The van der Waals surface area contributed by atoms with Crippen molar-refractivity contribution >= 4 is 23.2 Å². The summed E-state index contributed by atoms with van der Waals surface area (Å²) in [7, 11) is 0. The molecule has 2 rings (SSSR count). The molecule has 0 radical (unpaired) electrons. The fourth-order valence-electron chi connectivity index (χ4n) is 5.33. The van der Waals surface area contributed by atoms with Crippen LogP contribution in [0.1, 0.15) is 116 Å². The molecule has 0 unspecified atom stereocenters. The van der Waals surface area contributed by atoms with E-state index >= 15 is 0 Å². The van der Waals surface area contributed by atoms with E-state index in [0.29, 0.717) is 12.8 Å². The Labute approximate surface area is 263 Å². The van der Waals surface area contributed by atoms with Crippen LogP contribution in [0.25, 0.3) is 0 Å². The van der Waals surface area contributed by atoms with Crippen LogP contribution in [-0.4, -0.2) is 60.9 Å². The minimum atomic E-state index is 0.0671. The van der Waals surface area contributed by atoms with Crippen LogP contribution < -0.4 is 10.6 Å². The van der Waals surface area contributed by atoms with Crippen LogP contribution in [0.2, 0.25) is 0 Å². The summed E-state index contributed by atoms with van der Waals surface area (Å²) in [6.07, 6.45) is 13.8. The van der Waals surface area contributed by atoms with Gasteiger partial charge in [-0.25, -0.2) is 0 Å². The minimum absolute atomic E-state index is 0.0671. The van der Waals surface area contributed by atoms with Crippen molar-refractivity contribution in [2.45, 2.75) is 111 Å². The number of unbranched alkanes of at least 4 members (excludes halogenated alkanes) is 6. The average Bonchev–Trinajstić information content (AvgIpc) is 3.00. The van der Waals surface area contributed by atoms with Gasteiger partial charge in [0.1, 0.15) is 0 Å². The molecule has 0 heterocycles. The zero-order valence-electron chi connectivity index (χ0n) is 27.8. The Morgan fingerprint density at radius 3 is 1.33 bits per heavy atom. The summed E-state index contributed by atoms with van der Waals surface area (Å²) in [5.74, 6) is 0.134. The number of hydrogen-bond acceptors (Lipinski definition) is 4. The Bertz CT molecular complexity index is 959. The lowest BCUT2D eigenvalue weighted by atomic mass is 10.0. The van der Waals surface area contributed by atoms with E-state index in [1.165, 1.54) is 64.2 Å². The average molecular weight is 593 g/mol. The van der Waals surface area contributed by atoms with Crippen molar-refractivity contribution in [3.05, 3.63) is 59.7 Å². The Kier molecular flexibility index (Phi) is 19.3. The van der Waals surface area contributed by atoms with Gasteiger partial charge in [0.25, 0.3) is 0 Å². The number of benzene rings is 2. The maximum absolute atomic E-state index is 12.8. The molecule has 0 atom stereocenters. The summed E-state index contributed by atoms with van der Waals surface area (Å²) in [5.41, 5.74) is 3.93. The van der Waals surface area contributed by atoms with Crippen LogP contribution in [-0.2, 0) is 16.0 Å². The zero-order valence-corrected chi connectivity index (χ0v) is 27.8. The summed E-state index contributed by atoms with van der Waals surface area (Å²) >= 11 is 0. The molecule has 0 fully saturated rings. The second-order valence-electron chi connectivity index (χ2n) is 12.0. The van der Waals surface area contributed by atoms with Gasteiger partial charge in [-0.1, -0.05) is 90.5 Å². The van der Waals surface area contributed by atoms with Crippen molar-refractivity contribution in [3.63, 3.8) is 0 Å². The molecule has 0 aliphatic rings. The second kappa shape index (κ2) is 22.8. The van der Waals surface area contributed by atoms with E-state index in [1.54, 1.807) is 0 Å². The van der Waals surface area contributed by atoms with E-state index in [4.69, 9.17) is 0 Å². The highest BCUT2D eigenvalue weighted by molar-refractivity contribution is 5.91. The number of amides is 2. The first-order valence-corrected chi connectivity index (χ1v) is 17.2. The van der Waals surface area contributed by atoms with Gasteiger partial charge >= 0.3 is 0 Å². The molecule has 0 saturated heterocycles. The van der Waals surface area contributed by atoms with Gasteiger partial charge in [-0.05, 0) is 93.7 Å². The maximum atomic E-state index is 12.8. The van der Waals surface area contributed by atoms with Crippen molar-refractivity contribution in [1.29, 1.82) is 0 Å². The first kappa shape index (κ1) is 36.5. The molecule has 2 aromatic carbocycles. The predicted molar refractivity (Wildman–Crippen MR) is 184 cm³/mol. The van der Waals surface area contributed by atoms with Crippen molar-refractivity contribution in [1.82, 2.24) is 9.80 Å². The van der Waals surface area contributed by atoms with E-state index in [9.17, 15) is 9.59 Å². The number of anilines is 2. The third kappa shape index (κ3) is 16.7. The van der Waals surface area contributed by atoms with Gasteiger partial charge in [0, 0.05) is 37.3 Å². The highest BCUT2D eigenvalue weighted by atomic mass is 16.2. The third-order valence-electron chi connectivity index (χ3n) is 7.95. The standard InChI is InChI=1S/C37H60N4O2/c1-5-9-13-25-40(23-11-7-3)27-21-36(42)38-34-19-15-17-32(30-34)29-33-18-16-20-35(31-33)39-37(43)22-28-41(24-12-8-4)26-14-10-6-2/h15-20,30-31H,5-14,21-29H2,1-4H3,(H,38,42)(H,39,43). The van der Waals surface area contributed by atoms with Crippen LogP contribution in [0.3, 0.4) is 0 Å². The van der Waals surface area contributed by atoms with E-state index in [0.717, 1.165) is 68.2 Å². The van der Waals surface area contributed by atoms with Crippen molar-refractivity contribution in [2.75, 3.05) is 49.9 Å². The van der Waals surface area contributed by atoms with Crippen molar-refractivity contribution in [3.8, 4) is 0 Å². The van der Waals surface area contributed by atoms with Gasteiger partial charge in [0.15, 0.2) is 0 Å². The largest absolute Gasteiger partial charge is 0.326 e. The van der Waals surface area contributed by atoms with E-state index < -0.39 is 0 Å². The monoisotopic (exact) mass is 592 g/mol. The molecule has 2 amide bonds. The van der Waals surface area contributed by atoms with Crippen LogP contribution in [0.4, 0.5) is 11.4 Å². The molecule has 43 heavy (non-hydrogen) atoms. The predicted octanol–water partition coefficient (Wildman–Crippen LogP) is 8.52. The molecule has 6 nitrogen and oxygen atoms in total. The normalized spacial score (nSPS) is 11.3. The van der Waals surface area contributed by atoms with Gasteiger partial charge in [0.05, 0.1) is 0 Å². The smallest absolute Gasteiger partial charge is 0.225 e. The lowest BCUT2D eigenvalue weighted by Gasteiger charge is -2.22. The topological polar surface area (TPSA) is 64.7 Å². The van der Waals surface area contributed by atoms with Gasteiger partial charge < -0.3 is 20.4 Å². The van der Waals surface area contributed by atoms with Crippen LogP contribution in [0.5, 0.6) is 0 Å². The Balaban J connectivity index is 1.87. The highest BCUT2D eigenvalue weighted by Gasteiger charge is 2.11. The SMILES string of the molecule is CCCCCN(CCCC)CCC(=O)Nc1cccc(Cc2cccc(NC(=O)CCN(CCCC)CCCCC)c2)c1. The van der Waals surface area contributed by atoms with Crippen LogP contribution >= 0.6 is 0 Å². The Hall–Kier alpha value is -2.70. The van der Waals surface area contributed by atoms with Gasteiger partial charge in [-0.2, -0.15) is 0 Å². The van der Waals surface area contributed by atoms with Gasteiger partial charge in [-0.3, -0.25) is 9.59 Å². The third-order valence-corrected chi connectivity index (χ3v) is 7.95. The number of carbonyl (C=O) groups is 2. The van der Waals surface area contributed by atoms with Crippen molar-refractivity contribution < 1.29 is 9.59 Å². The molecule has 0 bridgehead atoms. The number of carbonyl (C=O) groups excluding carboxylic acids is 2. The number of rotatable bonds is 24. The molecule has 240 valence electrons. The van der Waals surface area contributed by atoms with E-state index in [1.807, 2.05) is 24.3 Å². The summed E-state index contributed by atoms with van der Waals surface area (Å²) in [6, 6.07) is 16.2. The lowest BCUT2D eigenvalue weighted by Crippen LogP contribution is -2.30. The quantitative estimate of drug-likeness (QED) is 0.120. The highest BCUT2D eigenvalue weighted by Crippen LogP contribution is 2.18. The molecule has 0 spiro atoms. The molecule has 2 N–H and O–H groups in total. The molecule has 0 aliphatic heterocycles. The lowest BCUT2D eigenvalue weighted by molar-refractivity contribution is -0.117. The maximum Gasteiger partial charge on any atom is 0.225 e. The Morgan fingerprint density at radius 1 is 0.535 bits per heavy atom. The van der Waals surface area contributed by atoms with Crippen LogP contribution in [0.15, 0.2) is 48.5 Å².